The van der Waals surface area contributed by atoms with Gasteiger partial charge >= 0.3 is 0 Å². The third kappa shape index (κ3) is 3.01. The quantitative estimate of drug-likeness (QED) is 0.856. The fraction of sp³-hybridized carbons (Fsp3) is 0.214. The zero-order valence-corrected chi connectivity index (χ0v) is 12.7. The van der Waals surface area contributed by atoms with Crippen molar-refractivity contribution in [2.24, 2.45) is 0 Å². The second kappa shape index (κ2) is 5.80. The van der Waals surface area contributed by atoms with Crippen LogP contribution in [0.2, 0.25) is 0 Å². The van der Waals surface area contributed by atoms with Crippen LogP contribution in [0.3, 0.4) is 0 Å². The highest BCUT2D eigenvalue weighted by molar-refractivity contribution is 9.10. The van der Waals surface area contributed by atoms with E-state index < -0.39 is 5.54 Å². The van der Waals surface area contributed by atoms with Gasteiger partial charge in [-0.1, -0.05) is 30.3 Å². The Kier molecular flexibility index (Phi) is 4.32. The molecule has 1 atom stereocenters. The van der Waals surface area contributed by atoms with Gasteiger partial charge in [-0.25, -0.2) is 0 Å². The van der Waals surface area contributed by atoms with Crippen LogP contribution in [-0.2, 0) is 5.54 Å². The maximum atomic E-state index is 12.2. The summed E-state index contributed by atoms with van der Waals surface area (Å²) in [5, 5.41) is 2.94. The van der Waals surface area contributed by atoms with Gasteiger partial charge in [-0.2, -0.15) is 0 Å². The lowest BCUT2D eigenvalue weighted by Crippen LogP contribution is -2.45. The molecule has 1 heterocycles. The van der Waals surface area contributed by atoms with Crippen molar-refractivity contribution in [3.63, 3.8) is 0 Å². The molecule has 19 heavy (non-hydrogen) atoms. The fourth-order valence-corrected chi connectivity index (χ4v) is 2.40. The highest BCUT2D eigenvalue weighted by Crippen LogP contribution is 2.24. The van der Waals surface area contributed by atoms with Crippen LogP contribution < -0.4 is 5.32 Å². The number of nitrogens with one attached hydrogen (secondary N) is 1. The Bertz CT molecular complexity index is 570. The molecule has 0 aliphatic rings. The van der Waals surface area contributed by atoms with Crippen LogP contribution in [0.25, 0.3) is 0 Å². The normalized spacial score (nSPS) is 13.8. The summed E-state index contributed by atoms with van der Waals surface area (Å²) in [5.41, 5.74) is 0.779. The molecule has 1 unspecified atom stereocenters. The van der Waals surface area contributed by atoms with Crippen LogP contribution in [0.15, 0.2) is 51.7 Å². The van der Waals surface area contributed by atoms with Crippen molar-refractivity contribution < 1.29 is 9.21 Å². The molecule has 0 bridgehead atoms. The second-order valence-corrected chi connectivity index (χ2v) is 5.38. The van der Waals surface area contributed by atoms with Gasteiger partial charge in [-0.05, 0) is 34.5 Å². The molecule has 1 amide bonds. The average Bonchev–Trinajstić information content (AvgIpc) is 2.86. The Balaban J connectivity index is 2.25. The van der Waals surface area contributed by atoms with Gasteiger partial charge in [-0.3, -0.25) is 4.79 Å². The minimum atomic E-state index is -0.628. The number of hydrogen-bond donors (Lipinski definition) is 1. The van der Waals surface area contributed by atoms with Crippen molar-refractivity contribution in [2.75, 3.05) is 5.88 Å². The highest BCUT2D eigenvalue weighted by Gasteiger charge is 2.29. The zero-order valence-electron chi connectivity index (χ0n) is 10.3. The molecule has 1 N–H and O–H groups in total. The summed E-state index contributed by atoms with van der Waals surface area (Å²) in [6, 6.07) is 11.2. The summed E-state index contributed by atoms with van der Waals surface area (Å²) in [6.45, 7) is 1.89. The molecule has 5 heteroatoms. The molecular formula is C14H13BrClNO2. The van der Waals surface area contributed by atoms with Crippen LogP contribution in [0.1, 0.15) is 22.8 Å². The third-order valence-electron chi connectivity index (χ3n) is 2.93. The molecular weight excluding hydrogens is 330 g/mol. The lowest BCUT2D eigenvalue weighted by atomic mass is 9.94. The van der Waals surface area contributed by atoms with Gasteiger partial charge in [0.1, 0.15) is 0 Å². The van der Waals surface area contributed by atoms with Gasteiger partial charge < -0.3 is 9.73 Å². The van der Waals surface area contributed by atoms with E-state index in [0.29, 0.717) is 10.2 Å². The van der Waals surface area contributed by atoms with Crippen LogP contribution in [0, 0.1) is 0 Å². The van der Waals surface area contributed by atoms with Crippen molar-refractivity contribution in [1.29, 1.82) is 0 Å². The van der Waals surface area contributed by atoms with Crippen LogP contribution in [-0.4, -0.2) is 11.8 Å². The smallest absolute Gasteiger partial charge is 0.256 e. The first-order chi connectivity index (χ1) is 9.07. The van der Waals surface area contributed by atoms with E-state index in [2.05, 4.69) is 21.2 Å². The SMILES string of the molecule is CC(CCl)(NC(=O)c1ccoc1Br)c1ccccc1. The average molecular weight is 343 g/mol. The molecule has 3 nitrogen and oxygen atoms in total. The first-order valence-electron chi connectivity index (χ1n) is 5.74. The first kappa shape index (κ1) is 14.2. The standard InChI is InChI=1S/C14H13BrClNO2/c1-14(9-16,10-5-3-2-4-6-10)17-13(18)11-7-8-19-12(11)15/h2-8H,9H2,1H3,(H,17,18). The zero-order chi connectivity index (χ0) is 13.9. The molecule has 0 radical (unpaired) electrons. The van der Waals surface area contributed by atoms with Gasteiger partial charge in [0.15, 0.2) is 4.67 Å². The molecule has 0 saturated carbocycles. The summed E-state index contributed by atoms with van der Waals surface area (Å²) in [6.07, 6.45) is 1.46. The maximum Gasteiger partial charge on any atom is 0.256 e. The number of carbonyl (C=O) groups is 1. The topological polar surface area (TPSA) is 42.2 Å². The van der Waals surface area contributed by atoms with Gasteiger partial charge in [-0.15, -0.1) is 11.6 Å². The van der Waals surface area contributed by atoms with E-state index in [-0.39, 0.29) is 11.8 Å². The number of furan rings is 1. The number of amides is 1. The minimum Gasteiger partial charge on any atom is -0.457 e. The minimum absolute atomic E-state index is 0.229. The Hall–Kier alpha value is -1.26. The molecule has 0 spiro atoms. The lowest BCUT2D eigenvalue weighted by Gasteiger charge is -2.29. The van der Waals surface area contributed by atoms with E-state index in [4.69, 9.17) is 16.0 Å². The van der Waals surface area contributed by atoms with E-state index in [1.54, 1.807) is 6.07 Å². The Morgan fingerprint density at radius 3 is 2.58 bits per heavy atom. The summed E-state index contributed by atoms with van der Waals surface area (Å²) >= 11 is 9.23. The Morgan fingerprint density at radius 2 is 2.05 bits per heavy atom. The summed E-state index contributed by atoms with van der Waals surface area (Å²) in [5.74, 6) is 0.0470. The lowest BCUT2D eigenvalue weighted by molar-refractivity contribution is 0.0911. The molecule has 2 aromatic rings. The van der Waals surface area contributed by atoms with E-state index in [1.165, 1.54) is 6.26 Å². The molecule has 0 fully saturated rings. The molecule has 0 saturated heterocycles. The number of benzene rings is 1. The van der Waals surface area contributed by atoms with E-state index >= 15 is 0 Å². The van der Waals surface area contributed by atoms with Crippen molar-refractivity contribution >= 4 is 33.4 Å². The van der Waals surface area contributed by atoms with E-state index in [9.17, 15) is 4.79 Å². The van der Waals surface area contributed by atoms with E-state index in [1.807, 2.05) is 37.3 Å². The second-order valence-electron chi connectivity index (χ2n) is 4.39. The highest BCUT2D eigenvalue weighted by atomic mass is 79.9. The fourth-order valence-electron chi connectivity index (χ4n) is 1.76. The predicted octanol–water partition coefficient (Wildman–Crippen LogP) is 3.93. The van der Waals surface area contributed by atoms with Gasteiger partial charge in [0.25, 0.3) is 5.91 Å². The largest absolute Gasteiger partial charge is 0.457 e. The van der Waals surface area contributed by atoms with Crippen LogP contribution in [0.4, 0.5) is 0 Å². The number of rotatable bonds is 4. The molecule has 1 aromatic heterocycles. The summed E-state index contributed by atoms with van der Waals surface area (Å²) in [4.78, 5) is 12.2. The predicted molar refractivity (Wildman–Crippen MR) is 78.4 cm³/mol. The monoisotopic (exact) mass is 341 g/mol. The number of carbonyl (C=O) groups excluding carboxylic acids is 1. The van der Waals surface area contributed by atoms with E-state index in [0.717, 1.165) is 5.56 Å². The van der Waals surface area contributed by atoms with Crippen LogP contribution >= 0.6 is 27.5 Å². The van der Waals surface area contributed by atoms with Gasteiger partial charge in [0, 0.05) is 5.88 Å². The van der Waals surface area contributed by atoms with Crippen molar-refractivity contribution in [3.8, 4) is 0 Å². The molecule has 100 valence electrons. The third-order valence-corrected chi connectivity index (χ3v) is 4.08. The Morgan fingerprint density at radius 1 is 1.37 bits per heavy atom. The van der Waals surface area contributed by atoms with Gasteiger partial charge in [0.2, 0.25) is 0 Å². The number of alkyl halides is 1. The summed E-state index contributed by atoms with van der Waals surface area (Å²) in [7, 11) is 0. The molecule has 2 rings (SSSR count). The molecule has 0 aliphatic carbocycles. The van der Waals surface area contributed by atoms with Gasteiger partial charge in [0.05, 0.1) is 17.4 Å². The number of hydrogen-bond acceptors (Lipinski definition) is 2. The van der Waals surface area contributed by atoms with Crippen molar-refractivity contribution in [1.82, 2.24) is 5.32 Å². The molecule has 0 aliphatic heterocycles. The van der Waals surface area contributed by atoms with Crippen molar-refractivity contribution in [3.05, 3.63) is 58.5 Å². The maximum absolute atomic E-state index is 12.2. The Labute approximate surface area is 125 Å². The number of halogens is 2. The van der Waals surface area contributed by atoms with Crippen LogP contribution in [0.5, 0.6) is 0 Å². The first-order valence-corrected chi connectivity index (χ1v) is 7.06. The summed E-state index contributed by atoms with van der Waals surface area (Å²) < 4.78 is 5.47. The molecule has 1 aromatic carbocycles. The van der Waals surface area contributed by atoms with Crippen molar-refractivity contribution in [2.45, 2.75) is 12.5 Å².